The summed E-state index contributed by atoms with van der Waals surface area (Å²) in [7, 11) is -0.766. The van der Waals surface area contributed by atoms with Crippen molar-refractivity contribution in [1.82, 2.24) is 4.98 Å². The molecule has 1 heterocycles. The number of nitrogens with one attached hydrogen (secondary N) is 1. The fourth-order valence-corrected chi connectivity index (χ4v) is 1.68. The molecular weight excluding hydrogens is 187 g/mol. The van der Waals surface area contributed by atoms with Gasteiger partial charge in [-0.1, -0.05) is 0 Å². The Hall–Kier alpha value is -1.02. The summed E-state index contributed by atoms with van der Waals surface area (Å²) in [6.07, 6.45) is 1.63. The van der Waals surface area contributed by atoms with Gasteiger partial charge in [-0.3, -0.25) is 0 Å². The van der Waals surface area contributed by atoms with Gasteiger partial charge >= 0.3 is 0 Å². The number of rotatable bonds is 3. The van der Waals surface area contributed by atoms with E-state index in [4.69, 9.17) is 4.74 Å². The lowest BCUT2D eigenvalue weighted by Gasteiger charge is -2.12. The van der Waals surface area contributed by atoms with Crippen LogP contribution in [0.15, 0.2) is 18.3 Å². The lowest BCUT2D eigenvalue weighted by molar-refractivity contribution is 0.400. The summed E-state index contributed by atoms with van der Waals surface area (Å²) in [5.41, 5.74) is 0.665. The molecule has 0 spiro atoms. The first-order valence-corrected chi connectivity index (χ1v) is 6.45. The predicted octanol–water partition coefficient (Wildman–Crippen LogP) is 2.04. The van der Waals surface area contributed by atoms with Crippen LogP contribution in [0.3, 0.4) is 0 Å². The van der Waals surface area contributed by atoms with Crippen molar-refractivity contribution in [3.63, 3.8) is 0 Å². The Morgan fingerprint density at radius 3 is 2.77 bits per heavy atom. The molecule has 72 valence electrons. The van der Waals surface area contributed by atoms with Gasteiger partial charge < -0.3 is 14.4 Å². The lowest BCUT2D eigenvalue weighted by atomic mass is 10.4. The highest BCUT2D eigenvalue weighted by Crippen LogP contribution is 2.38. The van der Waals surface area contributed by atoms with Crippen molar-refractivity contribution in [2.75, 3.05) is 25.5 Å². The molecule has 0 radical (unpaired) electrons. The van der Waals surface area contributed by atoms with Gasteiger partial charge in [-0.05, 0) is 12.1 Å². The van der Waals surface area contributed by atoms with E-state index < -0.39 is 7.29 Å². The third-order valence-corrected chi connectivity index (χ3v) is 2.13. The summed E-state index contributed by atoms with van der Waals surface area (Å²) in [5, 5.41) is 2.87. The van der Waals surface area contributed by atoms with Crippen molar-refractivity contribution in [1.29, 1.82) is 0 Å². The zero-order valence-corrected chi connectivity index (χ0v) is 8.84. The van der Waals surface area contributed by atoms with Crippen molar-refractivity contribution < 1.29 is 9.30 Å². The van der Waals surface area contributed by atoms with Gasteiger partial charge in [0.1, 0.15) is 5.69 Å². The molecule has 1 N–H and O–H groups in total. The molecule has 1 aromatic heterocycles. The molecule has 0 saturated carbocycles. The molecule has 0 aliphatic heterocycles. The maximum Gasteiger partial charge on any atom is 0.237 e. The normalized spacial score (nSPS) is 11.0. The molecule has 0 bridgehead atoms. The van der Waals surface area contributed by atoms with E-state index in [9.17, 15) is 4.57 Å². The maximum atomic E-state index is 11.5. The molecule has 0 fully saturated rings. The number of pyridine rings is 1. The number of methoxy groups -OCH3 is 1. The van der Waals surface area contributed by atoms with E-state index in [-0.39, 0.29) is 0 Å². The van der Waals surface area contributed by atoms with Gasteiger partial charge in [0.2, 0.25) is 5.88 Å². The molecule has 5 heteroatoms. The summed E-state index contributed by atoms with van der Waals surface area (Å²) in [5.74, 6) is 0.464. The SMILES string of the molecule is COc1ncccc1NP(C)(C)=O. The Kier molecular flexibility index (Phi) is 2.94. The second-order valence-electron chi connectivity index (χ2n) is 3.02. The fraction of sp³-hybridized carbons (Fsp3) is 0.375. The van der Waals surface area contributed by atoms with E-state index in [1.165, 1.54) is 7.11 Å². The van der Waals surface area contributed by atoms with Gasteiger partial charge in [-0.15, -0.1) is 0 Å². The van der Waals surface area contributed by atoms with Gasteiger partial charge in [0.05, 0.1) is 7.11 Å². The van der Waals surface area contributed by atoms with Gasteiger partial charge in [0, 0.05) is 19.5 Å². The van der Waals surface area contributed by atoms with Crippen molar-refractivity contribution in [2.45, 2.75) is 0 Å². The van der Waals surface area contributed by atoms with Crippen LogP contribution < -0.4 is 9.82 Å². The average Bonchev–Trinajstić information content (AvgIpc) is 2.02. The number of nitrogens with zero attached hydrogens (tertiary/aromatic N) is 1. The van der Waals surface area contributed by atoms with Crippen LogP contribution >= 0.6 is 7.29 Å². The van der Waals surface area contributed by atoms with E-state index >= 15 is 0 Å². The maximum absolute atomic E-state index is 11.5. The zero-order chi connectivity index (χ0) is 9.90. The number of ether oxygens (including phenoxy) is 1. The average molecular weight is 200 g/mol. The first kappa shape index (κ1) is 10.1. The first-order chi connectivity index (χ1) is 6.03. The molecule has 0 aliphatic carbocycles. The van der Waals surface area contributed by atoms with Crippen LogP contribution in [0.5, 0.6) is 5.88 Å². The van der Waals surface area contributed by atoms with Gasteiger partial charge in [0.15, 0.2) is 7.29 Å². The largest absolute Gasteiger partial charge is 0.480 e. The Morgan fingerprint density at radius 2 is 2.23 bits per heavy atom. The molecule has 0 unspecified atom stereocenters. The van der Waals surface area contributed by atoms with Crippen LogP contribution in [-0.2, 0) is 4.57 Å². The summed E-state index contributed by atoms with van der Waals surface area (Å²) in [6, 6.07) is 3.55. The monoisotopic (exact) mass is 200 g/mol. The minimum atomic E-state index is -2.30. The van der Waals surface area contributed by atoms with Crippen LogP contribution in [-0.4, -0.2) is 25.4 Å². The molecular formula is C8H13N2O2P. The summed E-state index contributed by atoms with van der Waals surface area (Å²) < 4.78 is 16.5. The number of aromatic nitrogens is 1. The van der Waals surface area contributed by atoms with Crippen LogP contribution in [0.2, 0.25) is 0 Å². The summed E-state index contributed by atoms with van der Waals surface area (Å²) in [6.45, 7) is 3.30. The van der Waals surface area contributed by atoms with E-state index in [1.54, 1.807) is 31.7 Å². The minimum absolute atomic E-state index is 0.464. The second-order valence-corrected chi connectivity index (χ2v) is 5.95. The molecule has 0 atom stereocenters. The van der Waals surface area contributed by atoms with Crippen LogP contribution in [0, 0.1) is 0 Å². The Balaban J connectivity index is 2.94. The van der Waals surface area contributed by atoms with Crippen LogP contribution in [0.1, 0.15) is 0 Å². The standard InChI is InChI=1S/C8H13N2O2P/c1-12-8-7(5-4-6-9-8)10-13(2,3)11/h4-6H,1-3H3,(H,10,11). The van der Waals surface area contributed by atoms with Crippen molar-refractivity contribution in [2.24, 2.45) is 0 Å². The molecule has 0 aliphatic rings. The quantitative estimate of drug-likeness (QED) is 0.758. The van der Waals surface area contributed by atoms with Gasteiger partial charge in [-0.2, -0.15) is 0 Å². The lowest BCUT2D eigenvalue weighted by Crippen LogP contribution is -1.97. The summed E-state index contributed by atoms with van der Waals surface area (Å²) in [4.78, 5) is 3.98. The third-order valence-electron chi connectivity index (χ3n) is 1.35. The van der Waals surface area contributed by atoms with Crippen LogP contribution in [0.4, 0.5) is 5.69 Å². The minimum Gasteiger partial charge on any atom is -0.480 e. The molecule has 1 rings (SSSR count). The van der Waals surface area contributed by atoms with Crippen molar-refractivity contribution in [3.8, 4) is 5.88 Å². The van der Waals surface area contributed by atoms with Gasteiger partial charge in [0.25, 0.3) is 0 Å². The fourth-order valence-electron chi connectivity index (χ4n) is 0.929. The van der Waals surface area contributed by atoms with Crippen LogP contribution in [0.25, 0.3) is 0 Å². The molecule has 1 aromatic rings. The zero-order valence-electron chi connectivity index (χ0n) is 7.94. The highest BCUT2D eigenvalue weighted by molar-refractivity contribution is 7.63. The molecule has 13 heavy (non-hydrogen) atoms. The van der Waals surface area contributed by atoms with Gasteiger partial charge in [-0.25, -0.2) is 4.98 Å². The second kappa shape index (κ2) is 3.79. The van der Waals surface area contributed by atoms with Crippen molar-refractivity contribution in [3.05, 3.63) is 18.3 Å². The number of hydrogen-bond donors (Lipinski definition) is 1. The van der Waals surface area contributed by atoms with E-state index in [0.29, 0.717) is 11.6 Å². The smallest absolute Gasteiger partial charge is 0.237 e. The first-order valence-electron chi connectivity index (χ1n) is 3.85. The highest BCUT2D eigenvalue weighted by atomic mass is 31.2. The molecule has 0 amide bonds. The molecule has 0 saturated heterocycles. The highest BCUT2D eigenvalue weighted by Gasteiger charge is 2.10. The predicted molar refractivity (Wildman–Crippen MR) is 53.9 cm³/mol. The Labute approximate surface area is 77.8 Å². The number of hydrogen-bond acceptors (Lipinski definition) is 3. The Morgan fingerprint density at radius 1 is 1.54 bits per heavy atom. The van der Waals surface area contributed by atoms with E-state index in [1.807, 2.05) is 0 Å². The Bertz CT molecular complexity index is 335. The number of anilines is 1. The summed E-state index contributed by atoms with van der Waals surface area (Å²) >= 11 is 0. The molecule has 4 nitrogen and oxygen atoms in total. The third kappa shape index (κ3) is 3.07. The van der Waals surface area contributed by atoms with E-state index in [0.717, 1.165) is 0 Å². The van der Waals surface area contributed by atoms with Crippen molar-refractivity contribution >= 4 is 13.0 Å². The van der Waals surface area contributed by atoms with E-state index in [2.05, 4.69) is 10.1 Å². The topological polar surface area (TPSA) is 51.2 Å². The molecule has 0 aromatic carbocycles.